The van der Waals surface area contributed by atoms with Crippen molar-refractivity contribution in [1.82, 2.24) is 15.2 Å². The Morgan fingerprint density at radius 3 is 2.63 bits per heavy atom. The Kier molecular flexibility index (Phi) is 4.25. The predicted molar refractivity (Wildman–Crippen MR) is 88.8 cm³/mol. The molecule has 0 unspecified atom stereocenters. The average Bonchev–Trinajstić information content (AvgIpc) is 3.26. The van der Waals surface area contributed by atoms with Gasteiger partial charge in [0.25, 0.3) is 17.8 Å². The number of amides is 1. The average molecular weight is 399 g/mol. The van der Waals surface area contributed by atoms with Crippen molar-refractivity contribution in [3.05, 3.63) is 39.3 Å². The number of carbonyl (C=O) groups excluding carboxylic acids is 1. The zero-order chi connectivity index (χ0) is 19.2. The van der Waals surface area contributed by atoms with Gasteiger partial charge >= 0.3 is 11.8 Å². The van der Waals surface area contributed by atoms with E-state index in [-0.39, 0.29) is 22.1 Å². The summed E-state index contributed by atoms with van der Waals surface area (Å²) in [5, 5.41) is 2.36. The first-order valence-corrected chi connectivity index (χ1v) is 9.06. The summed E-state index contributed by atoms with van der Waals surface area (Å²) in [6, 6.07) is 1.79. The molecule has 0 bridgehead atoms. The third kappa shape index (κ3) is 3.34. The number of aromatic nitrogens is 3. The minimum absolute atomic E-state index is 0.0414. The van der Waals surface area contributed by atoms with Crippen LogP contribution in [-0.2, 0) is 6.18 Å². The van der Waals surface area contributed by atoms with E-state index < -0.39 is 17.4 Å². The number of halogens is 3. The van der Waals surface area contributed by atoms with Gasteiger partial charge in [-0.15, -0.1) is 11.3 Å². The number of fused-ring (bicyclic) bond motifs is 1. The van der Waals surface area contributed by atoms with Crippen LogP contribution in [0.25, 0.3) is 15.9 Å². The third-order valence-electron chi connectivity index (χ3n) is 4.36. The van der Waals surface area contributed by atoms with Crippen LogP contribution in [0.4, 0.5) is 13.2 Å². The molecule has 0 aliphatic carbocycles. The quantitative estimate of drug-likeness (QED) is 0.672. The van der Waals surface area contributed by atoms with Gasteiger partial charge in [0.1, 0.15) is 4.70 Å². The molecule has 3 aromatic rings. The fraction of sp³-hybridized carbons (Fsp3) is 0.375. The van der Waals surface area contributed by atoms with Crippen molar-refractivity contribution >= 4 is 27.5 Å². The smallest absolute Gasteiger partial charge is 0.337 e. The van der Waals surface area contributed by atoms with E-state index in [9.17, 15) is 22.8 Å². The Bertz CT molecular complexity index is 1060. The number of likely N-dealkylation sites (tertiary alicyclic amines) is 1. The number of piperidine rings is 1. The molecule has 1 N–H and O–H groups in total. The summed E-state index contributed by atoms with van der Waals surface area (Å²) < 4.78 is 45.8. The number of benzene rings is 1. The van der Waals surface area contributed by atoms with Crippen molar-refractivity contribution in [1.29, 1.82) is 0 Å². The van der Waals surface area contributed by atoms with Crippen LogP contribution in [0, 0.1) is 0 Å². The molecule has 0 spiro atoms. The standard InChI is InChI=1S/C16H13F3N4O3S/c17-16(18,19)9-6-10-13(11(7-9)23-8-12(24)26-21-23)27-14(20-10)15(25)22-4-2-1-3-5-22/h6-8H,1-5H2/p+1. The van der Waals surface area contributed by atoms with Gasteiger partial charge in [-0.25, -0.2) is 9.78 Å². The number of nitrogens with zero attached hydrogens (tertiary/aromatic N) is 3. The summed E-state index contributed by atoms with van der Waals surface area (Å²) in [7, 11) is 0. The van der Waals surface area contributed by atoms with Crippen molar-refractivity contribution in [3.63, 3.8) is 0 Å². The number of nitrogens with one attached hydrogen (secondary N) is 1. The lowest BCUT2D eigenvalue weighted by atomic mass is 10.1. The summed E-state index contributed by atoms with van der Waals surface area (Å²) in [6.45, 7) is 1.22. The monoisotopic (exact) mass is 399 g/mol. The molecule has 2 aromatic heterocycles. The number of carbonyl (C=O) groups is 1. The second-order valence-corrected chi connectivity index (χ2v) is 7.22. The molecule has 1 saturated heterocycles. The van der Waals surface area contributed by atoms with E-state index >= 15 is 0 Å². The van der Waals surface area contributed by atoms with E-state index in [0.717, 1.165) is 53.6 Å². The lowest BCUT2D eigenvalue weighted by Crippen LogP contribution is -2.35. The van der Waals surface area contributed by atoms with Crippen LogP contribution in [0.1, 0.15) is 34.6 Å². The first-order chi connectivity index (χ1) is 12.8. The Morgan fingerprint density at radius 1 is 1.26 bits per heavy atom. The molecule has 0 atom stereocenters. The maximum absolute atomic E-state index is 13.3. The molecule has 0 radical (unpaired) electrons. The van der Waals surface area contributed by atoms with Gasteiger partial charge < -0.3 is 4.90 Å². The number of hydrogen-bond donors (Lipinski definition) is 1. The number of rotatable bonds is 2. The van der Waals surface area contributed by atoms with Gasteiger partial charge in [0.2, 0.25) is 0 Å². The van der Waals surface area contributed by atoms with E-state index in [1.54, 1.807) is 4.90 Å². The van der Waals surface area contributed by atoms with Crippen LogP contribution in [-0.4, -0.2) is 34.2 Å². The predicted octanol–water partition coefficient (Wildman–Crippen LogP) is 2.50. The molecule has 1 fully saturated rings. The largest absolute Gasteiger partial charge is 0.427 e. The molecule has 27 heavy (non-hydrogen) atoms. The minimum atomic E-state index is -4.60. The topological polar surface area (TPSA) is 83.1 Å². The highest BCUT2D eigenvalue weighted by Crippen LogP contribution is 2.35. The van der Waals surface area contributed by atoms with E-state index in [1.807, 2.05) is 0 Å². The normalized spacial score (nSPS) is 15.4. The third-order valence-corrected chi connectivity index (χ3v) is 5.44. The van der Waals surface area contributed by atoms with Gasteiger partial charge in [0.15, 0.2) is 5.01 Å². The molecule has 1 aromatic carbocycles. The lowest BCUT2D eigenvalue weighted by molar-refractivity contribution is -0.668. The zero-order valence-corrected chi connectivity index (χ0v) is 14.7. The summed E-state index contributed by atoms with van der Waals surface area (Å²) in [5.74, 6) is -0.291. The SMILES string of the molecule is O=C(c1nc2cc(C(F)(F)F)cc(-[n+]3cc(=O)o[nH]3)c2s1)N1CCCCC1. The van der Waals surface area contributed by atoms with Crippen molar-refractivity contribution in [2.75, 3.05) is 13.1 Å². The van der Waals surface area contributed by atoms with Crippen LogP contribution in [0.15, 0.2) is 27.6 Å². The van der Waals surface area contributed by atoms with Gasteiger partial charge in [-0.1, -0.05) is 0 Å². The first kappa shape index (κ1) is 17.7. The highest BCUT2D eigenvalue weighted by Gasteiger charge is 2.35. The number of aromatic amines is 1. The molecule has 3 heterocycles. The zero-order valence-electron chi connectivity index (χ0n) is 13.9. The molecule has 7 nitrogen and oxygen atoms in total. The van der Waals surface area contributed by atoms with Crippen LogP contribution in [0.3, 0.4) is 0 Å². The van der Waals surface area contributed by atoms with Crippen molar-refractivity contribution < 1.29 is 27.2 Å². The fourth-order valence-corrected chi connectivity index (χ4v) is 4.08. The number of alkyl halides is 3. The van der Waals surface area contributed by atoms with Crippen LogP contribution >= 0.6 is 11.3 Å². The van der Waals surface area contributed by atoms with Crippen LogP contribution in [0.5, 0.6) is 0 Å². The summed E-state index contributed by atoms with van der Waals surface area (Å²) >= 11 is 0.995. The fourth-order valence-electron chi connectivity index (χ4n) is 3.05. The Morgan fingerprint density at radius 2 is 2.00 bits per heavy atom. The summed E-state index contributed by atoms with van der Waals surface area (Å²) in [6.07, 6.45) is -0.777. The molecule has 0 saturated carbocycles. The molecule has 1 aliphatic heterocycles. The maximum Gasteiger partial charge on any atom is 0.427 e. The summed E-state index contributed by atoms with van der Waals surface area (Å²) in [5.41, 5.74) is -1.59. The molecule has 1 amide bonds. The van der Waals surface area contributed by atoms with Gasteiger partial charge in [0.05, 0.1) is 11.1 Å². The minimum Gasteiger partial charge on any atom is -0.337 e. The van der Waals surface area contributed by atoms with Crippen molar-refractivity contribution in [2.24, 2.45) is 0 Å². The van der Waals surface area contributed by atoms with E-state index in [1.165, 1.54) is 0 Å². The maximum atomic E-state index is 13.3. The molecular weight excluding hydrogens is 385 g/mol. The van der Waals surface area contributed by atoms with Gasteiger partial charge in [-0.3, -0.25) is 9.32 Å². The van der Waals surface area contributed by atoms with Crippen molar-refractivity contribution in [2.45, 2.75) is 25.4 Å². The van der Waals surface area contributed by atoms with E-state index in [4.69, 9.17) is 0 Å². The first-order valence-electron chi connectivity index (χ1n) is 8.24. The molecular formula is C16H14F3N4O3S+. The van der Waals surface area contributed by atoms with E-state index in [0.29, 0.717) is 17.8 Å². The van der Waals surface area contributed by atoms with Gasteiger partial charge in [-0.2, -0.15) is 13.2 Å². The van der Waals surface area contributed by atoms with Crippen LogP contribution in [0.2, 0.25) is 0 Å². The second kappa shape index (κ2) is 6.48. The summed E-state index contributed by atoms with van der Waals surface area (Å²) in [4.78, 5) is 29.8. The molecule has 4 rings (SSSR count). The Balaban J connectivity index is 1.85. The Labute approximate surface area is 154 Å². The van der Waals surface area contributed by atoms with Gasteiger partial charge in [-0.05, 0) is 35.3 Å². The Hall–Kier alpha value is -2.69. The molecule has 1 aliphatic rings. The molecule has 11 heteroatoms. The lowest BCUT2D eigenvalue weighted by Gasteiger charge is -2.25. The second-order valence-electron chi connectivity index (χ2n) is 6.22. The van der Waals surface area contributed by atoms with Crippen molar-refractivity contribution in [3.8, 4) is 5.69 Å². The number of hydrogen-bond acceptors (Lipinski definition) is 5. The van der Waals surface area contributed by atoms with Gasteiger partial charge in [0, 0.05) is 19.2 Å². The number of H-pyrrole nitrogens is 1. The highest BCUT2D eigenvalue weighted by molar-refractivity contribution is 7.20. The van der Waals surface area contributed by atoms with E-state index in [2.05, 4.69) is 14.8 Å². The molecule has 142 valence electrons. The highest BCUT2D eigenvalue weighted by atomic mass is 32.1. The number of thiazole rings is 1. The van der Waals surface area contributed by atoms with Crippen LogP contribution < -0.4 is 10.3 Å².